The second-order valence-electron chi connectivity index (χ2n) is 7.85. The zero-order valence-corrected chi connectivity index (χ0v) is 18.2. The van der Waals surface area contributed by atoms with Crippen molar-refractivity contribution in [1.82, 2.24) is 10.2 Å². The Hall–Kier alpha value is -2.82. The first-order valence-corrected chi connectivity index (χ1v) is 10.9. The molecule has 1 fully saturated rings. The fourth-order valence-corrected chi connectivity index (χ4v) is 4.25. The largest absolute Gasteiger partial charge is 0.496 e. The molecular weight excluding hydrogens is 376 g/mol. The number of ether oxygens (including phenoxy) is 1. The van der Waals surface area contributed by atoms with Gasteiger partial charge in [-0.1, -0.05) is 56.3 Å². The number of rotatable bonds is 7. The lowest BCUT2D eigenvalue weighted by atomic mass is 9.91. The molecule has 0 radical (unpaired) electrons. The van der Waals surface area contributed by atoms with Crippen molar-refractivity contribution in [3.8, 4) is 16.9 Å². The molecule has 0 saturated carbocycles. The Balaban J connectivity index is 1.87. The van der Waals surface area contributed by atoms with Crippen LogP contribution in [0, 0.1) is 11.8 Å². The van der Waals surface area contributed by atoms with Crippen molar-refractivity contribution >= 4 is 11.8 Å². The van der Waals surface area contributed by atoms with Crippen LogP contribution in [-0.2, 0) is 16.0 Å². The van der Waals surface area contributed by atoms with Crippen LogP contribution in [0.15, 0.2) is 48.5 Å². The maximum atomic E-state index is 13.0. The summed E-state index contributed by atoms with van der Waals surface area (Å²) in [7, 11) is 1.67. The van der Waals surface area contributed by atoms with Gasteiger partial charge in [-0.3, -0.25) is 9.59 Å². The van der Waals surface area contributed by atoms with Crippen molar-refractivity contribution in [1.29, 1.82) is 0 Å². The molecule has 2 amide bonds. The maximum Gasteiger partial charge on any atom is 0.225 e. The minimum atomic E-state index is -0.276. The predicted molar refractivity (Wildman–Crippen MR) is 119 cm³/mol. The highest BCUT2D eigenvalue weighted by Crippen LogP contribution is 2.33. The van der Waals surface area contributed by atoms with Crippen LogP contribution in [0.4, 0.5) is 0 Å². The van der Waals surface area contributed by atoms with Gasteiger partial charge in [-0.2, -0.15) is 0 Å². The predicted octanol–water partition coefficient (Wildman–Crippen LogP) is 3.92. The molecule has 0 aromatic heterocycles. The van der Waals surface area contributed by atoms with Crippen molar-refractivity contribution in [3.05, 3.63) is 54.1 Å². The standard InChI is InChI=1S/C25H32N2O3/c1-4-18(5-2)25(29)27-15-14-26-24(28)20(17-27)16-19-10-6-7-11-21(19)22-12-8-9-13-23(22)30-3/h6-13,18,20H,4-5,14-17H2,1-3H3,(H,26,28). The fourth-order valence-electron chi connectivity index (χ4n) is 4.25. The second kappa shape index (κ2) is 10.3. The SMILES string of the molecule is CCC(CC)C(=O)N1CCNC(=O)C(Cc2ccccc2-c2ccccc2OC)C1. The van der Waals surface area contributed by atoms with E-state index in [9.17, 15) is 9.59 Å². The number of carbonyl (C=O) groups is 2. The van der Waals surface area contributed by atoms with Crippen LogP contribution in [0.3, 0.4) is 0 Å². The van der Waals surface area contributed by atoms with Gasteiger partial charge in [0, 0.05) is 31.1 Å². The number of amides is 2. The summed E-state index contributed by atoms with van der Waals surface area (Å²) in [5, 5.41) is 3.00. The number of nitrogens with one attached hydrogen (secondary N) is 1. The Bertz CT molecular complexity index is 876. The molecule has 0 spiro atoms. The zero-order valence-electron chi connectivity index (χ0n) is 18.2. The van der Waals surface area contributed by atoms with E-state index >= 15 is 0 Å². The highest BCUT2D eigenvalue weighted by atomic mass is 16.5. The topological polar surface area (TPSA) is 58.6 Å². The van der Waals surface area contributed by atoms with Crippen LogP contribution >= 0.6 is 0 Å². The molecule has 0 aliphatic carbocycles. The van der Waals surface area contributed by atoms with Gasteiger partial charge in [-0.05, 0) is 36.5 Å². The number of carbonyl (C=O) groups excluding carboxylic acids is 2. The molecule has 2 aromatic rings. The molecule has 1 unspecified atom stereocenters. The molecule has 2 aromatic carbocycles. The van der Waals surface area contributed by atoms with Gasteiger partial charge in [0.05, 0.1) is 13.0 Å². The number of benzene rings is 2. The average Bonchev–Trinajstić information content (AvgIpc) is 2.96. The van der Waals surface area contributed by atoms with Crippen molar-refractivity contribution in [3.63, 3.8) is 0 Å². The summed E-state index contributed by atoms with van der Waals surface area (Å²) in [6.07, 6.45) is 2.23. The third kappa shape index (κ3) is 4.84. The van der Waals surface area contributed by atoms with Crippen LogP contribution < -0.4 is 10.1 Å². The molecule has 1 aliphatic rings. The van der Waals surface area contributed by atoms with Crippen LogP contribution in [0.25, 0.3) is 11.1 Å². The summed E-state index contributed by atoms with van der Waals surface area (Å²) in [6.45, 7) is 5.64. The van der Waals surface area contributed by atoms with Crippen LogP contribution in [-0.4, -0.2) is 43.5 Å². The number of hydrogen-bond acceptors (Lipinski definition) is 3. The second-order valence-corrected chi connectivity index (χ2v) is 7.85. The Labute approximate surface area is 179 Å². The van der Waals surface area contributed by atoms with E-state index in [-0.39, 0.29) is 23.7 Å². The van der Waals surface area contributed by atoms with Crippen molar-refractivity contribution in [2.45, 2.75) is 33.1 Å². The smallest absolute Gasteiger partial charge is 0.225 e. The van der Waals surface area contributed by atoms with Gasteiger partial charge < -0.3 is 15.0 Å². The van der Waals surface area contributed by atoms with Crippen LogP contribution in [0.2, 0.25) is 0 Å². The third-order valence-electron chi connectivity index (χ3n) is 6.02. The molecule has 1 atom stereocenters. The van der Waals surface area contributed by atoms with Gasteiger partial charge in [-0.15, -0.1) is 0 Å². The maximum absolute atomic E-state index is 13.0. The monoisotopic (exact) mass is 408 g/mol. The number of para-hydroxylation sites is 1. The van der Waals surface area contributed by atoms with Crippen molar-refractivity contribution < 1.29 is 14.3 Å². The summed E-state index contributed by atoms with van der Waals surface area (Å²) in [6, 6.07) is 16.0. The van der Waals surface area contributed by atoms with E-state index in [0.29, 0.717) is 26.1 Å². The summed E-state index contributed by atoms with van der Waals surface area (Å²) in [5.41, 5.74) is 3.15. The summed E-state index contributed by atoms with van der Waals surface area (Å²) in [5.74, 6) is 0.742. The summed E-state index contributed by atoms with van der Waals surface area (Å²) in [4.78, 5) is 27.6. The number of hydrogen-bond donors (Lipinski definition) is 1. The van der Waals surface area contributed by atoms with E-state index in [0.717, 1.165) is 35.3 Å². The molecule has 1 saturated heterocycles. The molecule has 1 aliphatic heterocycles. The molecule has 160 valence electrons. The normalized spacial score (nSPS) is 16.9. The van der Waals surface area contributed by atoms with Crippen molar-refractivity contribution in [2.75, 3.05) is 26.7 Å². The van der Waals surface area contributed by atoms with Gasteiger partial charge in [0.15, 0.2) is 0 Å². The van der Waals surface area contributed by atoms with E-state index in [1.54, 1.807) is 7.11 Å². The molecule has 5 heteroatoms. The minimum Gasteiger partial charge on any atom is -0.496 e. The highest BCUT2D eigenvalue weighted by molar-refractivity contribution is 5.83. The first kappa shape index (κ1) is 21.9. The first-order chi connectivity index (χ1) is 14.6. The molecule has 5 nitrogen and oxygen atoms in total. The lowest BCUT2D eigenvalue weighted by Gasteiger charge is -2.27. The quantitative estimate of drug-likeness (QED) is 0.756. The average molecular weight is 409 g/mol. The minimum absolute atomic E-state index is 0.0182. The number of nitrogens with zero attached hydrogens (tertiary/aromatic N) is 1. The molecular formula is C25H32N2O3. The van der Waals surface area contributed by atoms with E-state index in [1.165, 1.54) is 0 Å². The molecule has 1 heterocycles. The molecule has 30 heavy (non-hydrogen) atoms. The summed E-state index contributed by atoms with van der Waals surface area (Å²) < 4.78 is 5.55. The number of methoxy groups -OCH3 is 1. The van der Waals surface area contributed by atoms with Crippen molar-refractivity contribution in [2.24, 2.45) is 11.8 Å². The fraction of sp³-hybridized carbons (Fsp3) is 0.440. The van der Waals surface area contributed by atoms with Crippen LogP contribution in [0.5, 0.6) is 5.75 Å². The molecule has 1 N–H and O–H groups in total. The Morgan fingerprint density at radius 3 is 2.47 bits per heavy atom. The van der Waals surface area contributed by atoms with Gasteiger partial charge in [0.2, 0.25) is 11.8 Å². The third-order valence-corrected chi connectivity index (χ3v) is 6.02. The van der Waals surface area contributed by atoms with Gasteiger partial charge in [-0.25, -0.2) is 0 Å². The lowest BCUT2D eigenvalue weighted by Crippen LogP contribution is -2.40. The Morgan fingerprint density at radius 2 is 1.77 bits per heavy atom. The van der Waals surface area contributed by atoms with E-state index < -0.39 is 0 Å². The molecule has 3 rings (SSSR count). The first-order valence-electron chi connectivity index (χ1n) is 10.9. The molecule has 0 bridgehead atoms. The Morgan fingerprint density at radius 1 is 1.10 bits per heavy atom. The van der Waals surface area contributed by atoms with Gasteiger partial charge in [0.25, 0.3) is 0 Å². The summed E-state index contributed by atoms with van der Waals surface area (Å²) >= 11 is 0. The zero-order chi connectivity index (χ0) is 21.5. The van der Waals surface area contributed by atoms with E-state index in [2.05, 4.69) is 17.4 Å². The van der Waals surface area contributed by atoms with E-state index in [4.69, 9.17) is 4.74 Å². The van der Waals surface area contributed by atoms with Gasteiger partial charge >= 0.3 is 0 Å². The Kier molecular flexibility index (Phi) is 7.50. The van der Waals surface area contributed by atoms with Gasteiger partial charge in [0.1, 0.15) is 5.75 Å². The lowest BCUT2D eigenvalue weighted by molar-refractivity contribution is -0.136. The van der Waals surface area contributed by atoms with E-state index in [1.807, 2.05) is 55.1 Å². The highest BCUT2D eigenvalue weighted by Gasteiger charge is 2.30. The van der Waals surface area contributed by atoms with Crippen LogP contribution in [0.1, 0.15) is 32.3 Å².